The first-order valence-electron chi connectivity index (χ1n) is 7.67. The molecule has 1 fully saturated rings. The van der Waals surface area contributed by atoms with Gasteiger partial charge in [-0.15, -0.1) is 11.6 Å². The molecule has 0 aliphatic heterocycles. The van der Waals surface area contributed by atoms with E-state index in [-0.39, 0.29) is 0 Å². The Morgan fingerprint density at radius 2 is 1.82 bits per heavy atom. The maximum atomic E-state index is 6.19. The molecule has 2 unspecified atom stereocenters. The summed E-state index contributed by atoms with van der Waals surface area (Å²) in [6.45, 7) is 4.67. The second-order valence-corrected chi connectivity index (χ2v) is 6.22. The smallest absolute Gasteiger partial charge is 0.0339 e. The molecule has 0 aromatic carbocycles. The van der Waals surface area contributed by atoms with Gasteiger partial charge in [-0.3, -0.25) is 0 Å². The maximum Gasteiger partial charge on any atom is 0.0339 e. The summed E-state index contributed by atoms with van der Waals surface area (Å²) in [4.78, 5) is 0. The van der Waals surface area contributed by atoms with Crippen molar-refractivity contribution in [2.24, 2.45) is 5.92 Å². The van der Waals surface area contributed by atoms with Gasteiger partial charge in [-0.05, 0) is 44.7 Å². The summed E-state index contributed by atoms with van der Waals surface area (Å²) in [6, 6.07) is 0. The fourth-order valence-corrected chi connectivity index (χ4v) is 3.15. The van der Waals surface area contributed by atoms with Crippen LogP contribution >= 0.6 is 11.6 Å². The second-order valence-electron chi connectivity index (χ2n) is 5.60. The molecule has 0 amide bonds. The summed E-state index contributed by atoms with van der Waals surface area (Å²) >= 11 is 6.19. The quantitative estimate of drug-likeness (QED) is 0.466. The molecule has 1 aliphatic carbocycles. The molecular weight excluding hydrogens is 230 g/mol. The lowest BCUT2D eigenvalue weighted by Crippen LogP contribution is -2.28. The molecule has 2 heteroatoms. The van der Waals surface area contributed by atoms with Gasteiger partial charge in [0.15, 0.2) is 0 Å². The number of hydrogen-bond acceptors (Lipinski definition) is 1. The summed E-state index contributed by atoms with van der Waals surface area (Å²) in [5.74, 6) is 0.839. The van der Waals surface area contributed by atoms with E-state index >= 15 is 0 Å². The number of halogens is 1. The fourth-order valence-electron chi connectivity index (χ4n) is 2.75. The molecule has 1 saturated carbocycles. The average molecular weight is 260 g/mol. The van der Waals surface area contributed by atoms with Gasteiger partial charge < -0.3 is 5.32 Å². The monoisotopic (exact) mass is 259 g/mol. The molecule has 17 heavy (non-hydrogen) atoms. The number of unbranched alkanes of at least 4 members (excludes halogenated alkanes) is 5. The highest BCUT2D eigenvalue weighted by Gasteiger charge is 2.19. The minimum absolute atomic E-state index is 0.449. The molecule has 0 saturated heterocycles. The molecule has 2 atom stereocenters. The van der Waals surface area contributed by atoms with Gasteiger partial charge in [0.2, 0.25) is 0 Å². The Kier molecular flexibility index (Phi) is 9.18. The van der Waals surface area contributed by atoms with Gasteiger partial charge in [0.1, 0.15) is 0 Å². The van der Waals surface area contributed by atoms with E-state index in [0.717, 1.165) is 5.92 Å². The summed E-state index contributed by atoms with van der Waals surface area (Å²) in [7, 11) is 0. The Hall–Kier alpha value is 0.250. The maximum absolute atomic E-state index is 6.19. The molecule has 0 radical (unpaired) electrons. The molecular formula is C15H30ClN. The lowest BCUT2D eigenvalue weighted by Gasteiger charge is -2.25. The van der Waals surface area contributed by atoms with Crippen molar-refractivity contribution in [1.82, 2.24) is 5.32 Å². The normalized spacial score (nSPS) is 25.1. The van der Waals surface area contributed by atoms with Crippen LogP contribution in [0.25, 0.3) is 0 Å². The van der Waals surface area contributed by atoms with Crippen molar-refractivity contribution >= 4 is 11.6 Å². The van der Waals surface area contributed by atoms with Gasteiger partial charge in [0.05, 0.1) is 0 Å². The molecule has 1 rings (SSSR count). The van der Waals surface area contributed by atoms with Crippen molar-refractivity contribution in [3.8, 4) is 0 Å². The third kappa shape index (κ3) is 8.05. The van der Waals surface area contributed by atoms with Crippen molar-refractivity contribution in [3.05, 3.63) is 0 Å². The van der Waals surface area contributed by atoms with E-state index in [4.69, 9.17) is 11.6 Å². The lowest BCUT2D eigenvalue weighted by molar-refractivity contribution is 0.345. The van der Waals surface area contributed by atoms with E-state index in [9.17, 15) is 0 Å². The van der Waals surface area contributed by atoms with E-state index in [1.807, 2.05) is 0 Å². The van der Waals surface area contributed by atoms with Crippen LogP contribution in [0.2, 0.25) is 0 Å². The summed E-state index contributed by atoms with van der Waals surface area (Å²) in [5.41, 5.74) is 0. The van der Waals surface area contributed by atoms with Crippen molar-refractivity contribution < 1.29 is 0 Å². The number of alkyl halides is 1. The highest BCUT2D eigenvalue weighted by Crippen LogP contribution is 2.27. The Bertz CT molecular complexity index is 172. The second kappa shape index (κ2) is 10.2. The van der Waals surface area contributed by atoms with Crippen molar-refractivity contribution in [2.45, 2.75) is 76.5 Å². The van der Waals surface area contributed by atoms with Gasteiger partial charge in [0, 0.05) is 5.38 Å². The van der Waals surface area contributed by atoms with Gasteiger partial charge in [-0.2, -0.15) is 0 Å². The Balaban J connectivity index is 1.83. The zero-order valence-electron chi connectivity index (χ0n) is 11.5. The molecule has 102 valence electrons. The van der Waals surface area contributed by atoms with Crippen molar-refractivity contribution in [2.75, 3.05) is 13.1 Å². The van der Waals surface area contributed by atoms with Gasteiger partial charge in [-0.1, -0.05) is 45.4 Å². The van der Waals surface area contributed by atoms with Crippen LogP contribution in [0.4, 0.5) is 0 Å². The average Bonchev–Trinajstić information content (AvgIpc) is 2.33. The van der Waals surface area contributed by atoms with E-state index in [1.54, 1.807) is 0 Å². The molecule has 0 aromatic rings. The summed E-state index contributed by atoms with van der Waals surface area (Å²) < 4.78 is 0. The Morgan fingerprint density at radius 3 is 2.59 bits per heavy atom. The zero-order valence-corrected chi connectivity index (χ0v) is 12.3. The van der Waals surface area contributed by atoms with Crippen LogP contribution in [0.15, 0.2) is 0 Å². The van der Waals surface area contributed by atoms with Crippen LogP contribution in [-0.2, 0) is 0 Å². The van der Waals surface area contributed by atoms with Crippen LogP contribution in [0.1, 0.15) is 71.1 Å². The van der Waals surface area contributed by atoms with E-state index in [2.05, 4.69) is 12.2 Å². The van der Waals surface area contributed by atoms with E-state index in [1.165, 1.54) is 77.3 Å². The topological polar surface area (TPSA) is 12.0 Å². The van der Waals surface area contributed by atoms with Crippen molar-refractivity contribution in [3.63, 3.8) is 0 Å². The van der Waals surface area contributed by atoms with Crippen LogP contribution < -0.4 is 5.32 Å². The van der Waals surface area contributed by atoms with Crippen molar-refractivity contribution in [1.29, 1.82) is 0 Å². The highest BCUT2D eigenvalue weighted by atomic mass is 35.5. The minimum atomic E-state index is 0.449. The third-order valence-electron chi connectivity index (χ3n) is 3.86. The molecule has 0 aromatic heterocycles. The Morgan fingerprint density at radius 1 is 1.06 bits per heavy atom. The van der Waals surface area contributed by atoms with Crippen LogP contribution in [0, 0.1) is 5.92 Å². The predicted octanol–water partition coefficient (Wildman–Crippen LogP) is 4.73. The standard InChI is InChI=1S/C15H30ClN/c1-2-3-4-5-6-7-11-17-13-14-9-8-10-15(16)12-14/h14-15,17H,2-13H2,1H3. The van der Waals surface area contributed by atoms with Gasteiger partial charge in [0.25, 0.3) is 0 Å². The molecule has 1 N–H and O–H groups in total. The molecule has 0 heterocycles. The first kappa shape index (κ1) is 15.3. The number of rotatable bonds is 9. The third-order valence-corrected chi connectivity index (χ3v) is 4.26. The largest absolute Gasteiger partial charge is 0.316 e. The van der Waals surface area contributed by atoms with Gasteiger partial charge >= 0.3 is 0 Å². The molecule has 0 bridgehead atoms. The minimum Gasteiger partial charge on any atom is -0.316 e. The molecule has 1 nitrogen and oxygen atoms in total. The lowest BCUT2D eigenvalue weighted by atomic mass is 9.89. The van der Waals surface area contributed by atoms with Gasteiger partial charge in [-0.25, -0.2) is 0 Å². The predicted molar refractivity (Wildman–Crippen MR) is 77.8 cm³/mol. The SMILES string of the molecule is CCCCCCCCNCC1CCCC(Cl)C1. The first-order valence-corrected chi connectivity index (χ1v) is 8.11. The zero-order chi connectivity index (χ0) is 12.3. The Labute approximate surface area is 113 Å². The van der Waals surface area contributed by atoms with Crippen LogP contribution in [0.3, 0.4) is 0 Å². The van der Waals surface area contributed by atoms with Crippen LogP contribution in [-0.4, -0.2) is 18.5 Å². The fraction of sp³-hybridized carbons (Fsp3) is 1.00. The summed E-state index contributed by atoms with van der Waals surface area (Å²) in [6.07, 6.45) is 13.5. The number of nitrogens with one attached hydrogen (secondary N) is 1. The first-order chi connectivity index (χ1) is 8.33. The number of hydrogen-bond donors (Lipinski definition) is 1. The van der Waals surface area contributed by atoms with E-state index < -0.39 is 0 Å². The molecule has 1 aliphatic rings. The van der Waals surface area contributed by atoms with Crippen LogP contribution in [0.5, 0.6) is 0 Å². The highest BCUT2D eigenvalue weighted by molar-refractivity contribution is 6.20. The summed E-state index contributed by atoms with van der Waals surface area (Å²) in [5, 5.41) is 4.06. The molecule has 0 spiro atoms. The van der Waals surface area contributed by atoms with E-state index in [0.29, 0.717) is 5.38 Å².